The van der Waals surface area contributed by atoms with E-state index >= 15 is 0 Å². The minimum atomic E-state index is 0. The molecule has 2 aliphatic rings. The van der Waals surface area contributed by atoms with Crippen LogP contribution in [0.4, 0.5) is 0 Å². The Morgan fingerprint density at radius 1 is 1.11 bits per heavy atom. The largest absolute Gasteiger partial charge is 0.357 e. The van der Waals surface area contributed by atoms with Gasteiger partial charge in [0.25, 0.3) is 0 Å². The summed E-state index contributed by atoms with van der Waals surface area (Å²) in [6, 6.07) is 0. The maximum Gasteiger partial charge on any atom is 0.225 e. The van der Waals surface area contributed by atoms with Gasteiger partial charge in [-0.15, -0.1) is 24.0 Å². The van der Waals surface area contributed by atoms with Crippen molar-refractivity contribution in [2.24, 2.45) is 16.8 Å². The molecule has 1 saturated heterocycles. The number of nitrogens with zero attached hydrogens (tertiary/aromatic N) is 3. The van der Waals surface area contributed by atoms with Gasteiger partial charge in [0, 0.05) is 58.3 Å². The van der Waals surface area contributed by atoms with Gasteiger partial charge in [-0.2, -0.15) is 0 Å². The number of rotatable bonds is 8. The van der Waals surface area contributed by atoms with Crippen molar-refractivity contribution < 1.29 is 4.79 Å². The molecule has 0 aromatic carbocycles. The Kier molecular flexibility index (Phi) is 12.3. The summed E-state index contributed by atoms with van der Waals surface area (Å²) in [7, 11) is 0. The number of carbonyl (C=O) groups excluding carboxylic acids is 1. The van der Waals surface area contributed by atoms with Crippen LogP contribution in [0, 0.1) is 11.8 Å². The second-order valence-corrected chi connectivity index (χ2v) is 8.02. The molecule has 1 aliphatic heterocycles. The Hall–Kier alpha value is -0.570. The van der Waals surface area contributed by atoms with E-state index in [9.17, 15) is 4.79 Å². The number of halogens is 1. The van der Waals surface area contributed by atoms with Crippen molar-refractivity contribution in [3.63, 3.8) is 0 Å². The Labute approximate surface area is 182 Å². The van der Waals surface area contributed by atoms with Gasteiger partial charge in [-0.1, -0.05) is 26.7 Å². The Morgan fingerprint density at radius 2 is 1.78 bits per heavy atom. The fourth-order valence-corrected chi connectivity index (χ4v) is 3.73. The molecule has 0 spiro atoms. The van der Waals surface area contributed by atoms with Gasteiger partial charge in [0.15, 0.2) is 5.96 Å². The van der Waals surface area contributed by atoms with E-state index < -0.39 is 0 Å². The molecule has 0 atom stereocenters. The third-order valence-corrected chi connectivity index (χ3v) is 5.43. The third-order valence-electron chi connectivity index (χ3n) is 5.43. The van der Waals surface area contributed by atoms with Gasteiger partial charge < -0.3 is 15.5 Å². The first-order chi connectivity index (χ1) is 12.6. The van der Waals surface area contributed by atoms with E-state index in [4.69, 9.17) is 0 Å². The lowest BCUT2D eigenvalue weighted by molar-refractivity contribution is -0.137. The van der Waals surface area contributed by atoms with E-state index in [2.05, 4.69) is 46.2 Å². The highest BCUT2D eigenvalue weighted by molar-refractivity contribution is 14.0. The van der Waals surface area contributed by atoms with Crippen LogP contribution in [0.1, 0.15) is 52.9 Å². The second kappa shape index (κ2) is 13.6. The van der Waals surface area contributed by atoms with Crippen molar-refractivity contribution in [3.8, 4) is 0 Å². The van der Waals surface area contributed by atoms with Crippen molar-refractivity contribution >= 4 is 35.8 Å². The highest BCUT2D eigenvalue weighted by Gasteiger charge is 2.29. The molecule has 1 saturated carbocycles. The highest BCUT2D eigenvalue weighted by atomic mass is 127. The molecule has 0 aromatic heterocycles. The molecule has 2 rings (SSSR count). The van der Waals surface area contributed by atoms with Crippen LogP contribution >= 0.6 is 24.0 Å². The van der Waals surface area contributed by atoms with Crippen LogP contribution < -0.4 is 10.6 Å². The summed E-state index contributed by atoms with van der Waals surface area (Å²) in [6.45, 7) is 14.0. The third kappa shape index (κ3) is 8.98. The molecule has 6 nitrogen and oxygen atoms in total. The van der Waals surface area contributed by atoms with E-state index in [0.717, 1.165) is 77.6 Å². The number of aliphatic imine (C=N–C) groups is 1. The molecule has 0 bridgehead atoms. The molecule has 27 heavy (non-hydrogen) atoms. The number of piperazine rings is 1. The predicted molar refractivity (Wildman–Crippen MR) is 124 cm³/mol. The van der Waals surface area contributed by atoms with Gasteiger partial charge in [-0.25, -0.2) is 0 Å². The monoisotopic (exact) mass is 493 g/mol. The molecular formula is C20H40IN5O. The molecule has 7 heteroatoms. The summed E-state index contributed by atoms with van der Waals surface area (Å²) >= 11 is 0. The topological polar surface area (TPSA) is 60.0 Å². The maximum atomic E-state index is 12.5. The van der Waals surface area contributed by atoms with Crippen molar-refractivity contribution in [2.75, 3.05) is 52.4 Å². The zero-order valence-electron chi connectivity index (χ0n) is 17.5. The fourth-order valence-electron chi connectivity index (χ4n) is 3.73. The predicted octanol–water partition coefficient (Wildman–Crippen LogP) is 2.54. The standard InChI is InChI=1S/C20H39N5O.HI/c1-4-21-20(22-10-9-17(2)3)23-11-12-24-13-15-25(16-14-24)19(26)18-7-5-6-8-18;/h17-18H,4-16H2,1-3H3,(H2,21,22,23);1H. The number of carbonyl (C=O) groups is 1. The normalized spacial score (nSPS) is 19.3. The summed E-state index contributed by atoms with van der Waals surface area (Å²) in [5, 5.41) is 6.75. The van der Waals surface area contributed by atoms with Crippen LogP contribution in [0.2, 0.25) is 0 Å². The Bertz CT molecular complexity index is 444. The van der Waals surface area contributed by atoms with E-state index in [0.29, 0.717) is 17.7 Å². The smallest absolute Gasteiger partial charge is 0.225 e. The Balaban J connectivity index is 0.00000364. The highest BCUT2D eigenvalue weighted by Crippen LogP contribution is 2.26. The summed E-state index contributed by atoms with van der Waals surface area (Å²) in [6.07, 6.45) is 5.79. The first-order valence-corrected chi connectivity index (χ1v) is 10.6. The van der Waals surface area contributed by atoms with Crippen LogP contribution in [0.3, 0.4) is 0 Å². The van der Waals surface area contributed by atoms with E-state index in [1.807, 2.05) is 0 Å². The summed E-state index contributed by atoms with van der Waals surface area (Å²) in [5.74, 6) is 2.33. The zero-order chi connectivity index (χ0) is 18.8. The molecule has 1 heterocycles. The summed E-state index contributed by atoms with van der Waals surface area (Å²) in [4.78, 5) is 21.7. The molecule has 0 unspecified atom stereocenters. The van der Waals surface area contributed by atoms with Crippen LogP contribution in [-0.2, 0) is 4.79 Å². The van der Waals surface area contributed by atoms with Crippen LogP contribution in [0.15, 0.2) is 4.99 Å². The zero-order valence-corrected chi connectivity index (χ0v) is 19.8. The number of amides is 1. The maximum absolute atomic E-state index is 12.5. The minimum absolute atomic E-state index is 0. The molecule has 158 valence electrons. The van der Waals surface area contributed by atoms with Crippen LogP contribution in [0.5, 0.6) is 0 Å². The second-order valence-electron chi connectivity index (χ2n) is 8.02. The first-order valence-electron chi connectivity index (χ1n) is 10.6. The first kappa shape index (κ1) is 24.5. The van der Waals surface area contributed by atoms with E-state index in [1.165, 1.54) is 12.8 Å². The number of nitrogens with one attached hydrogen (secondary N) is 2. The summed E-state index contributed by atoms with van der Waals surface area (Å²) < 4.78 is 0. The lowest BCUT2D eigenvalue weighted by Crippen LogP contribution is -2.51. The van der Waals surface area contributed by atoms with Gasteiger partial charge in [-0.05, 0) is 32.1 Å². The average Bonchev–Trinajstić information content (AvgIpc) is 3.16. The van der Waals surface area contributed by atoms with Crippen molar-refractivity contribution in [3.05, 3.63) is 0 Å². The Morgan fingerprint density at radius 3 is 2.37 bits per heavy atom. The molecule has 1 amide bonds. The van der Waals surface area contributed by atoms with Gasteiger partial charge in [0.2, 0.25) is 5.91 Å². The SMILES string of the molecule is CCNC(=NCCC(C)C)NCCN1CCN(C(=O)C2CCCC2)CC1.I. The van der Waals surface area contributed by atoms with Crippen molar-refractivity contribution in [1.29, 1.82) is 0 Å². The lowest BCUT2D eigenvalue weighted by atomic mass is 10.1. The summed E-state index contributed by atoms with van der Waals surface area (Å²) in [5.41, 5.74) is 0. The van der Waals surface area contributed by atoms with E-state index in [-0.39, 0.29) is 24.0 Å². The fraction of sp³-hybridized carbons (Fsp3) is 0.900. The van der Waals surface area contributed by atoms with E-state index in [1.54, 1.807) is 0 Å². The lowest BCUT2D eigenvalue weighted by Gasteiger charge is -2.36. The van der Waals surface area contributed by atoms with Gasteiger partial charge in [0.05, 0.1) is 0 Å². The van der Waals surface area contributed by atoms with Gasteiger partial charge in [-0.3, -0.25) is 14.7 Å². The van der Waals surface area contributed by atoms with Gasteiger partial charge in [0.1, 0.15) is 0 Å². The molecule has 0 aromatic rings. The van der Waals surface area contributed by atoms with Crippen LogP contribution in [-0.4, -0.2) is 74.0 Å². The van der Waals surface area contributed by atoms with Crippen molar-refractivity contribution in [1.82, 2.24) is 20.4 Å². The quantitative estimate of drug-likeness (QED) is 0.310. The van der Waals surface area contributed by atoms with Crippen LogP contribution in [0.25, 0.3) is 0 Å². The van der Waals surface area contributed by atoms with Crippen molar-refractivity contribution in [2.45, 2.75) is 52.9 Å². The number of hydrogen-bond donors (Lipinski definition) is 2. The minimum Gasteiger partial charge on any atom is -0.357 e. The van der Waals surface area contributed by atoms with Gasteiger partial charge >= 0.3 is 0 Å². The molecule has 2 N–H and O–H groups in total. The molecule has 1 aliphatic carbocycles. The average molecular weight is 493 g/mol. The molecular weight excluding hydrogens is 453 g/mol. The number of guanidine groups is 1. The number of hydrogen-bond acceptors (Lipinski definition) is 3. The molecule has 2 fully saturated rings. The molecule has 0 radical (unpaired) electrons.